The van der Waals surface area contributed by atoms with Crippen molar-refractivity contribution < 1.29 is 13.2 Å². The fraction of sp³-hybridized carbons (Fsp3) is 1.00. The highest BCUT2D eigenvalue weighted by molar-refractivity contribution is 5.85. The number of alkyl halides is 3. The molecule has 0 amide bonds. The molecule has 1 aliphatic heterocycles. The van der Waals surface area contributed by atoms with E-state index >= 15 is 0 Å². The Bertz CT molecular complexity index is 224. The van der Waals surface area contributed by atoms with E-state index in [1.54, 1.807) is 0 Å². The van der Waals surface area contributed by atoms with Crippen molar-refractivity contribution in [3.8, 4) is 0 Å². The van der Waals surface area contributed by atoms with Gasteiger partial charge in [0.15, 0.2) is 0 Å². The molecule has 1 saturated heterocycles. The molecule has 3 atom stereocenters. The van der Waals surface area contributed by atoms with Crippen molar-refractivity contribution in [3.05, 3.63) is 0 Å². The first-order valence-corrected chi connectivity index (χ1v) is 5.50. The van der Waals surface area contributed by atoms with Crippen LogP contribution in [-0.2, 0) is 0 Å². The van der Waals surface area contributed by atoms with Crippen molar-refractivity contribution in [2.45, 2.75) is 31.5 Å². The van der Waals surface area contributed by atoms with Gasteiger partial charge in [-0.3, -0.25) is 0 Å². The second kappa shape index (κ2) is 6.45. The lowest BCUT2D eigenvalue weighted by atomic mass is 9.93. The van der Waals surface area contributed by atoms with Crippen LogP contribution in [0.4, 0.5) is 13.2 Å². The van der Waals surface area contributed by atoms with Crippen molar-refractivity contribution in [2.75, 3.05) is 19.6 Å². The fourth-order valence-corrected chi connectivity index (χ4v) is 2.83. The van der Waals surface area contributed by atoms with Crippen LogP contribution in [-0.4, -0.2) is 36.8 Å². The highest BCUT2D eigenvalue weighted by Crippen LogP contribution is 2.36. The van der Waals surface area contributed by atoms with Crippen molar-refractivity contribution >= 4 is 24.8 Å². The van der Waals surface area contributed by atoms with Crippen LogP contribution in [0.5, 0.6) is 0 Å². The Morgan fingerprint density at radius 1 is 1.06 bits per heavy atom. The Balaban J connectivity index is 0.00000128. The van der Waals surface area contributed by atoms with Crippen LogP contribution in [0.25, 0.3) is 0 Å². The van der Waals surface area contributed by atoms with Crippen LogP contribution in [0.1, 0.15) is 19.3 Å². The van der Waals surface area contributed by atoms with Gasteiger partial charge in [-0.15, -0.1) is 24.8 Å². The summed E-state index contributed by atoms with van der Waals surface area (Å²) in [6, 6.07) is 0.229. The third kappa shape index (κ3) is 4.47. The Labute approximate surface area is 112 Å². The lowest BCUT2D eigenvalue weighted by Gasteiger charge is -2.36. The van der Waals surface area contributed by atoms with E-state index in [4.69, 9.17) is 5.73 Å². The minimum atomic E-state index is -4.03. The highest BCUT2D eigenvalue weighted by atomic mass is 35.5. The molecule has 1 aliphatic carbocycles. The van der Waals surface area contributed by atoms with Crippen molar-refractivity contribution in [2.24, 2.45) is 17.6 Å². The van der Waals surface area contributed by atoms with E-state index in [0.29, 0.717) is 11.8 Å². The van der Waals surface area contributed by atoms with E-state index in [0.717, 1.165) is 25.9 Å². The molecule has 104 valence electrons. The van der Waals surface area contributed by atoms with Gasteiger partial charge in [0.1, 0.15) is 0 Å². The number of halogens is 5. The summed E-state index contributed by atoms with van der Waals surface area (Å²) in [4.78, 5) is 1.93. The van der Waals surface area contributed by atoms with Crippen molar-refractivity contribution in [3.63, 3.8) is 0 Å². The summed E-state index contributed by atoms with van der Waals surface area (Å²) in [6.45, 7) is 1.66. The van der Waals surface area contributed by atoms with Gasteiger partial charge in [0, 0.05) is 25.7 Å². The molecular formula is C10H19Cl2F3N2. The minimum Gasteiger partial charge on any atom is -0.327 e. The molecule has 7 heteroatoms. The number of hydrogen-bond acceptors (Lipinski definition) is 2. The maximum absolute atomic E-state index is 12.0. The normalized spacial score (nSPS) is 32.8. The van der Waals surface area contributed by atoms with Gasteiger partial charge in [0.25, 0.3) is 0 Å². The Hall–Kier alpha value is 0.290. The maximum atomic E-state index is 12.0. The molecule has 2 nitrogen and oxygen atoms in total. The van der Waals surface area contributed by atoms with Gasteiger partial charge in [-0.05, 0) is 24.7 Å². The molecule has 2 N–H and O–H groups in total. The van der Waals surface area contributed by atoms with Gasteiger partial charge in [-0.2, -0.15) is 13.2 Å². The molecule has 2 bridgehead atoms. The molecule has 1 unspecified atom stereocenters. The van der Waals surface area contributed by atoms with E-state index in [1.807, 2.05) is 4.90 Å². The monoisotopic (exact) mass is 294 g/mol. The molecule has 2 fully saturated rings. The second-order valence-corrected chi connectivity index (χ2v) is 4.80. The summed E-state index contributed by atoms with van der Waals surface area (Å²) >= 11 is 0. The topological polar surface area (TPSA) is 29.3 Å². The molecule has 1 heterocycles. The number of hydrogen-bond donors (Lipinski definition) is 1. The summed E-state index contributed by atoms with van der Waals surface area (Å²) < 4.78 is 36.1. The van der Waals surface area contributed by atoms with Crippen molar-refractivity contribution in [1.29, 1.82) is 0 Å². The van der Waals surface area contributed by atoms with Gasteiger partial charge < -0.3 is 10.6 Å². The first-order chi connectivity index (χ1) is 6.96. The minimum absolute atomic E-state index is 0. The molecule has 1 saturated carbocycles. The summed E-state index contributed by atoms with van der Waals surface area (Å²) in [5, 5.41) is 0. The zero-order valence-corrected chi connectivity index (χ0v) is 11.1. The molecular weight excluding hydrogens is 276 g/mol. The summed E-state index contributed by atoms with van der Waals surface area (Å²) in [5.74, 6) is 0.856. The standard InChI is InChI=1S/C10H17F3N2.2ClH/c11-10(12,13)3-4-15-5-7-1-2-8(6-15)9(7)14;;/h7-9H,1-6,14H2;2*1H/t7-,8+,9?;;. The SMILES string of the molecule is Cl.Cl.NC1[C@@H]2CC[C@H]1CN(CCC(F)(F)F)C2. The lowest BCUT2D eigenvalue weighted by Crippen LogP contribution is -2.49. The molecule has 0 radical (unpaired) electrons. The van der Waals surface area contributed by atoms with Crippen LogP contribution in [0, 0.1) is 11.8 Å². The van der Waals surface area contributed by atoms with E-state index in [1.165, 1.54) is 0 Å². The van der Waals surface area contributed by atoms with Crippen LogP contribution in [0.2, 0.25) is 0 Å². The average molecular weight is 295 g/mol. The van der Waals surface area contributed by atoms with E-state index < -0.39 is 12.6 Å². The van der Waals surface area contributed by atoms with E-state index in [-0.39, 0.29) is 37.4 Å². The molecule has 2 rings (SSSR count). The van der Waals surface area contributed by atoms with Gasteiger partial charge in [-0.25, -0.2) is 0 Å². The van der Waals surface area contributed by atoms with Crippen molar-refractivity contribution in [1.82, 2.24) is 4.90 Å². The maximum Gasteiger partial charge on any atom is 0.390 e. The molecule has 0 aromatic heterocycles. The summed E-state index contributed by atoms with van der Waals surface area (Å²) in [5.41, 5.74) is 5.98. The third-order valence-electron chi connectivity index (χ3n) is 3.69. The zero-order chi connectivity index (χ0) is 11.1. The number of nitrogens with zero attached hydrogens (tertiary/aromatic N) is 1. The third-order valence-corrected chi connectivity index (χ3v) is 3.69. The smallest absolute Gasteiger partial charge is 0.327 e. The van der Waals surface area contributed by atoms with E-state index in [2.05, 4.69) is 0 Å². The Morgan fingerprint density at radius 2 is 1.53 bits per heavy atom. The summed E-state index contributed by atoms with van der Waals surface area (Å²) in [6.07, 6.45) is -2.54. The number of rotatable bonds is 2. The zero-order valence-electron chi connectivity index (χ0n) is 9.45. The van der Waals surface area contributed by atoms with Crippen LogP contribution in [0.3, 0.4) is 0 Å². The molecule has 2 aliphatic rings. The Kier molecular flexibility index (Phi) is 6.56. The van der Waals surface area contributed by atoms with E-state index in [9.17, 15) is 13.2 Å². The number of nitrogens with two attached hydrogens (primary N) is 1. The molecule has 17 heavy (non-hydrogen) atoms. The number of fused-ring (bicyclic) bond motifs is 2. The predicted molar refractivity (Wildman–Crippen MR) is 65.8 cm³/mol. The quantitative estimate of drug-likeness (QED) is 0.848. The van der Waals surface area contributed by atoms with Gasteiger partial charge in [-0.1, -0.05) is 0 Å². The molecule has 0 spiro atoms. The van der Waals surface area contributed by atoms with Gasteiger partial charge in [0.05, 0.1) is 6.42 Å². The lowest BCUT2D eigenvalue weighted by molar-refractivity contribution is -0.139. The predicted octanol–water partition coefficient (Wildman–Crippen LogP) is 2.45. The van der Waals surface area contributed by atoms with Gasteiger partial charge >= 0.3 is 6.18 Å². The number of likely N-dealkylation sites (tertiary alicyclic amines) is 1. The van der Waals surface area contributed by atoms with Crippen LogP contribution < -0.4 is 5.73 Å². The largest absolute Gasteiger partial charge is 0.390 e. The Morgan fingerprint density at radius 3 is 1.94 bits per heavy atom. The second-order valence-electron chi connectivity index (χ2n) is 4.80. The highest BCUT2D eigenvalue weighted by Gasteiger charge is 2.40. The van der Waals surface area contributed by atoms with Gasteiger partial charge in [0.2, 0.25) is 0 Å². The first kappa shape index (κ1) is 17.3. The summed E-state index contributed by atoms with van der Waals surface area (Å²) in [7, 11) is 0. The average Bonchev–Trinajstić information content (AvgIpc) is 2.39. The van der Waals surface area contributed by atoms with Crippen LogP contribution in [0.15, 0.2) is 0 Å². The molecule has 0 aromatic rings. The first-order valence-electron chi connectivity index (χ1n) is 5.50. The fourth-order valence-electron chi connectivity index (χ4n) is 2.83. The number of piperidine rings is 1. The van der Waals surface area contributed by atoms with Crippen LogP contribution >= 0.6 is 24.8 Å². The molecule has 0 aromatic carbocycles.